The maximum absolute atomic E-state index is 12.4. The van der Waals surface area contributed by atoms with Crippen molar-refractivity contribution in [2.24, 2.45) is 0 Å². The molecule has 0 bridgehead atoms. The Morgan fingerprint density at radius 3 is 3.04 bits per heavy atom. The number of hydrogen-bond acceptors (Lipinski definition) is 2. The predicted octanol–water partition coefficient (Wildman–Crippen LogP) is 2.38. The lowest BCUT2D eigenvalue weighted by Gasteiger charge is -2.29. The molecule has 120 valence electrons. The summed E-state index contributed by atoms with van der Waals surface area (Å²) in [6, 6.07) is 9.02. The van der Waals surface area contributed by atoms with Crippen molar-refractivity contribution >= 4 is 22.9 Å². The van der Waals surface area contributed by atoms with E-state index < -0.39 is 0 Å². The molecule has 4 heteroatoms. The number of benzene rings is 1. The van der Waals surface area contributed by atoms with Gasteiger partial charge in [0.05, 0.1) is 6.54 Å². The van der Waals surface area contributed by atoms with Crippen LogP contribution in [-0.4, -0.2) is 19.0 Å². The largest absolute Gasteiger partial charge is 0.321 e. The molecule has 0 fully saturated rings. The molecule has 0 saturated heterocycles. The Bertz CT molecular complexity index is 737. The normalized spacial score (nSPS) is 22.5. The average Bonchev–Trinajstić information content (AvgIpc) is 3.18. The van der Waals surface area contributed by atoms with Crippen molar-refractivity contribution in [2.75, 3.05) is 18.4 Å². The molecule has 1 aliphatic heterocycles. The summed E-state index contributed by atoms with van der Waals surface area (Å²) in [5.74, 6) is 0.128. The summed E-state index contributed by atoms with van der Waals surface area (Å²) in [7, 11) is 0. The van der Waals surface area contributed by atoms with Crippen molar-refractivity contribution in [3.63, 3.8) is 0 Å². The summed E-state index contributed by atoms with van der Waals surface area (Å²) in [5.41, 5.74) is 5.24. The molecule has 2 aromatic rings. The van der Waals surface area contributed by atoms with E-state index in [1.165, 1.54) is 39.3 Å². The van der Waals surface area contributed by atoms with Crippen molar-refractivity contribution < 1.29 is 9.69 Å². The third-order valence-corrected chi connectivity index (χ3v) is 6.30. The van der Waals surface area contributed by atoms with E-state index in [2.05, 4.69) is 35.8 Å². The highest BCUT2D eigenvalue weighted by Gasteiger charge is 2.29. The fourth-order valence-corrected chi connectivity index (χ4v) is 4.93. The van der Waals surface area contributed by atoms with Crippen LogP contribution in [0.2, 0.25) is 0 Å². The second-order valence-electron chi connectivity index (χ2n) is 6.74. The van der Waals surface area contributed by atoms with Crippen LogP contribution in [0, 0.1) is 0 Å². The van der Waals surface area contributed by atoms with Crippen molar-refractivity contribution in [2.45, 2.75) is 38.6 Å². The quantitative estimate of drug-likeness (QED) is 0.892. The highest BCUT2D eigenvalue weighted by atomic mass is 32.1. The van der Waals surface area contributed by atoms with Crippen LogP contribution in [0.1, 0.15) is 41.0 Å². The highest BCUT2D eigenvalue weighted by Crippen LogP contribution is 2.25. The Labute approximate surface area is 141 Å². The van der Waals surface area contributed by atoms with E-state index in [4.69, 9.17) is 0 Å². The zero-order chi connectivity index (χ0) is 15.8. The smallest absolute Gasteiger partial charge is 0.279 e. The van der Waals surface area contributed by atoms with Crippen LogP contribution in [0.4, 0.5) is 5.69 Å². The maximum atomic E-state index is 12.4. The number of carbonyl (C=O) groups excluding carboxylic acids is 1. The van der Waals surface area contributed by atoms with E-state index in [1.54, 1.807) is 0 Å². The summed E-state index contributed by atoms with van der Waals surface area (Å²) in [4.78, 5) is 15.3. The van der Waals surface area contributed by atoms with Crippen LogP contribution in [-0.2, 0) is 24.1 Å². The summed E-state index contributed by atoms with van der Waals surface area (Å²) in [5, 5.41) is 5.28. The van der Waals surface area contributed by atoms with Gasteiger partial charge in [0, 0.05) is 22.5 Å². The summed E-state index contributed by atoms with van der Waals surface area (Å²) in [6.07, 6.45) is 4.67. The number of carbonyl (C=O) groups is 1. The molecule has 23 heavy (non-hydrogen) atoms. The summed E-state index contributed by atoms with van der Waals surface area (Å²) < 4.78 is 0. The average molecular weight is 327 g/mol. The molecule has 1 unspecified atom stereocenters. The Morgan fingerprint density at radius 1 is 1.26 bits per heavy atom. The van der Waals surface area contributed by atoms with Gasteiger partial charge < -0.3 is 10.2 Å². The molecule has 2 heterocycles. The minimum absolute atomic E-state index is 0.128. The van der Waals surface area contributed by atoms with Gasteiger partial charge in [-0.1, -0.05) is 6.07 Å². The fraction of sp³-hybridized carbons (Fsp3) is 0.421. The first-order chi connectivity index (χ1) is 11.2. The zero-order valence-corrected chi connectivity index (χ0v) is 14.3. The Morgan fingerprint density at radius 2 is 2.13 bits per heavy atom. The van der Waals surface area contributed by atoms with Gasteiger partial charge in [0.2, 0.25) is 0 Å². The molecular formula is C19H23N2OS+. The van der Waals surface area contributed by atoms with Gasteiger partial charge in [0.1, 0.15) is 6.04 Å². The van der Waals surface area contributed by atoms with E-state index >= 15 is 0 Å². The number of amides is 1. The molecule has 1 aliphatic carbocycles. The number of fused-ring (bicyclic) bond motifs is 2. The molecule has 2 aliphatic rings. The number of rotatable bonds is 3. The van der Waals surface area contributed by atoms with Gasteiger partial charge in [0.25, 0.3) is 5.91 Å². The summed E-state index contributed by atoms with van der Waals surface area (Å²) in [6.45, 7) is 3.84. The molecule has 3 nitrogen and oxygen atoms in total. The molecule has 2 atom stereocenters. The van der Waals surface area contributed by atoms with Crippen molar-refractivity contribution in [3.8, 4) is 0 Å². The van der Waals surface area contributed by atoms with Crippen LogP contribution in [0.5, 0.6) is 0 Å². The van der Waals surface area contributed by atoms with Crippen molar-refractivity contribution in [1.82, 2.24) is 0 Å². The molecule has 1 aromatic carbocycles. The molecular weight excluding hydrogens is 304 g/mol. The monoisotopic (exact) mass is 327 g/mol. The minimum Gasteiger partial charge on any atom is -0.321 e. The lowest BCUT2D eigenvalue weighted by atomic mass is 10.0. The predicted molar refractivity (Wildman–Crippen MR) is 94.2 cm³/mol. The standard InChI is InChI=1S/C19H22N2OS/c1-13-17-8-10-23-18(17)7-9-21(13)12-19(22)20-16-6-5-14-3-2-4-15(14)11-16/h5-6,8,10-11,13H,2-4,7,9,12H2,1H3,(H,20,22)/p+1/t13-/m1/s1. The number of quaternary nitrogens is 1. The van der Waals surface area contributed by atoms with E-state index in [0.29, 0.717) is 12.6 Å². The SMILES string of the molecule is C[C@@H]1c2ccsc2CC[NH+]1CC(=O)Nc1ccc2c(c1)CCC2. The lowest BCUT2D eigenvalue weighted by molar-refractivity contribution is -0.923. The molecule has 0 saturated carbocycles. The number of hydrogen-bond donors (Lipinski definition) is 2. The van der Waals surface area contributed by atoms with Crippen LogP contribution in [0.25, 0.3) is 0 Å². The zero-order valence-electron chi connectivity index (χ0n) is 13.5. The van der Waals surface area contributed by atoms with Gasteiger partial charge in [-0.3, -0.25) is 4.79 Å². The minimum atomic E-state index is 0.128. The molecule has 0 spiro atoms. The third kappa shape index (κ3) is 2.93. The second-order valence-corrected chi connectivity index (χ2v) is 7.74. The van der Waals surface area contributed by atoms with E-state index in [9.17, 15) is 4.79 Å². The lowest BCUT2D eigenvalue weighted by Crippen LogP contribution is -3.14. The van der Waals surface area contributed by atoms with Gasteiger partial charge in [-0.2, -0.15) is 0 Å². The van der Waals surface area contributed by atoms with Crippen molar-refractivity contribution in [3.05, 3.63) is 51.2 Å². The molecule has 2 N–H and O–H groups in total. The van der Waals surface area contributed by atoms with Gasteiger partial charge in [-0.25, -0.2) is 0 Å². The highest BCUT2D eigenvalue weighted by molar-refractivity contribution is 7.10. The van der Waals surface area contributed by atoms with Crippen LogP contribution in [0.3, 0.4) is 0 Å². The number of aryl methyl sites for hydroxylation is 2. The molecule has 1 amide bonds. The molecule has 0 radical (unpaired) electrons. The van der Waals surface area contributed by atoms with Gasteiger partial charge in [0.15, 0.2) is 6.54 Å². The van der Waals surface area contributed by atoms with E-state index in [0.717, 1.165) is 25.1 Å². The Kier molecular flexibility index (Phi) is 3.95. The molecule has 1 aromatic heterocycles. The Balaban J connectivity index is 1.41. The number of anilines is 1. The van der Waals surface area contributed by atoms with Crippen molar-refractivity contribution in [1.29, 1.82) is 0 Å². The molecule has 4 rings (SSSR count). The van der Waals surface area contributed by atoms with E-state index in [1.807, 2.05) is 17.4 Å². The Hall–Kier alpha value is -1.65. The van der Waals surface area contributed by atoms with Crippen LogP contribution >= 0.6 is 11.3 Å². The topological polar surface area (TPSA) is 33.5 Å². The first-order valence-electron chi connectivity index (χ1n) is 8.53. The van der Waals surface area contributed by atoms with Crippen LogP contribution < -0.4 is 10.2 Å². The number of nitrogens with one attached hydrogen (secondary N) is 2. The van der Waals surface area contributed by atoms with Crippen LogP contribution in [0.15, 0.2) is 29.6 Å². The number of thiophene rings is 1. The van der Waals surface area contributed by atoms with Gasteiger partial charge in [-0.15, -0.1) is 11.3 Å². The fourth-order valence-electron chi connectivity index (χ4n) is 3.95. The van der Waals surface area contributed by atoms with Gasteiger partial charge in [-0.05, 0) is 60.9 Å². The van der Waals surface area contributed by atoms with Gasteiger partial charge >= 0.3 is 0 Å². The maximum Gasteiger partial charge on any atom is 0.279 e. The second kappa shape index (κ2) is 6.10. The summed E-state index contributed by atoms with van der Waals surface area (Å²) >= 11 is 1.85. The van der Waals surface area contributed by atoms with E-state index in [-0.39, 0.29) is 5.91 Å². The third-order valence-electron chi connectivity index (χ3n) is 5.30. The first-order valence-corrected chi connectivity index (χ1v) is 9.41. The first kappa shape index (κ1) is 14.9.